The van der Waals surface area contributed by atoms with Gasteiger partial charge in [-0.15, -0.1) is 0 Å². The molecule has 0 fully saturated rings. The molecule has 0 bridgehead atoms. The number of rotatable bonds is 8. The third kappa shape index (κ3) is 6.12. The Labute approximate surface area is 170 Å². The Kier molecular flexibility index (Phi) is 7.06. The monoisotopic (exact) mass is 394 g/mol. The van der Waals surface area contributed by atoms with E-state index in [-0.39, 0.29) is 12.5 Å². The van der Waals surface area contributed by atoms with Gasteiger partial charge in [0.2, 0.25) is 5.91 Å². The summed E-state index contributed by atoms with van der Waals surface area (Å²) in [5.41, 5.74) is 4.19. The van der Waals surface area contributed by atoms with Gasteiger partial charge in [-0.2, -0.15) is 0 Å². The van der Waals surface area contributed by atoms with Gasteiger partial charge in [-0.3, -0.25) is 4.79 Å². The zero-order valence-electron chi connectivity index (χ0n) is 15.7. The highest BCUT2D eigenvalue weighted by atomic mass is 35.5. The van der Waals surface area contributed by atoms with E-state index < -0.39 is 0 Å². The molecule has 0 aliphatic carbocycles. The highest BCUT2D eigenvalue weighted by Gasteiger charge is 2.04. The molecule has 0 aromatic heterocycles. The lowest BCUT2D eigenvalue weighted by atomic mass is 10.1. The average molecular weight is 395 g/mol. The minimum atomic E-state index is -0.0802. The lowest BCUT2D eigenvalue weighted by Crippen LogP contribution is -2.27. The second-order valence-electron chi connectivity index (χ2n) is 6.52. The molecule has 2 N–H and O–H groups in total. The molecule has 0 atom stereocenters. The number of carbonyl (C=O) groups is 1. The normalized spacial score (nSPS) is 10.5. The second-order valence-corrected chi connectivity index (χ2v) is 6.95. The van der Waals surface area contributed by atoms with Crippen LogP contribution in [-0.2, 0) is 17.9 Å². The van der Waals surface area contributed by atoms with Gasteiger partial charge in [0.25, 0.3) is 0 Å². The Morgan fingerprint density at radius 3 is 2.39 bits per heavy atom. The van der Waals surface area contributed by atoms with Gasteiger partial charge in [-0.05, 0) is 60.0 Å². The van der Waals surface area contributed by atoms with Gasteiger partial charge in [0.05, 0.1) is 6.54 Å². The lowest BCUT2D eigenvalue weighted by molar-refractivity contribution is -0.115. The summed E-state index contributed by atoms with van der Waals surface area (Å²) in [6.07, 6.45) is 0. The number of ether oxygens (including phenoxy) is 1. The van der Waals surface area contributed by atoms with Crippen molar-refractivity contribution in [3.63, 3.8) is 0 Å². The minimum Gasteiger partial charge on any atom is -0.489 e. The summed E-state index contributed by atoms with van der Waals surface area (Å²) < 4.78 is 5.75. The first-order valence-electron chi connectivity index (χ1n) is 9.12. The first-order chi connectivity index (χ1) is 13.6. The molecule has 3 aromatic rings. The Balaban J connectivity index is 1.42. The molecule has 0 aliphatic heterocycles. The van der Waals surface area contributed by atoms with E-state index in [4.69, 9.17) is 16.3 Å². The molecule has 0 heterocycles. The van der Waals surface area contributed by atoms with Crippen LogP contribution in [0.2, 0.25) is 5.02 Å². The molecule has 0 saturated heterocycles. The number of nitrogens with one attached hydrogen (secondary N) is 2. The second kappa shape index (κ2) is 9.93. The summed E-state index contributed by atoms with van der Waals surface area (Å²) in [7, 11) is 0. The number of hydrogen-bond acceptors (Lipinski definition) is 3. The molecule has 0 spiro atoms. The van der Waals surface area contributed by atoms with E-state index >= 15 is 0 Å². The molecule has 5 heteroatoms. The number of aryl methyl sites for hydroxylation is 1. The number of anilines is 1. The molecule has 0 radical (unpaired) electrons. The van der Waals surface area contributed by atoms with Crippen molar-refractivity contribution >= 4 is 23.2 Å². The molecule has 3 aromatic carbocycles. The van der Waals surface area contributed by atoms with E-state index in [1.54, 1.807) is 0 Å². The molecule has 144 valence electrons. The lowest BCUT2D eigenvalue weighted by Gasteiger charge is -2.10. The van der Waals surface area contributed by atoms with Crippen LogP contribution in [0.5, 0.6) is 5.75 Å². The van der Waals surface area contributed by atoms with Gasteiger partial charge in [-0.25, -0.2) is 0 Å². The van der Waals surface area contributed by atoms with Crippen LogP contribution in [-0.4, -0.2) is 12.5 Å². The van der Waals surface area contributed by atoms with E-state index in [1.807, 2.05) is 60.7 Å². The zero-order chi connectivity index (χ0) is 19.8. The van der Waals surface area contributed by atoms with E-state index in [2.05, 4.69) is 29.7 Å². The predicted octanol–water partition coefficient (Wildman–Crippen LogP) is 4.96. The number of carbonyl (C=O) groups excluding carboxylic acids is 1. The number of hydrogen-bond donors (Lipinski definition) is 2. The maximum atomic E-state index is 12.1. The Bertz CT molecular complexity index is 909. The van der Waals surface area contributed by atoms with Crippen molar-refractivity contribution < 1.29 is 9.53 Å². The number of amides is 1. The quantitative estimate of drug-likeness (QED) is 0.568. The van der Waals surface area contributed by atoms with Crippen molar-refractivity contribution in [2.45, 2.75) is 20.1 Å². The molecule has 3 rings (SSSR count). The van der Waals surface area contributed by atoms with Crippen LogP contribution in [0.1, 0.15) is 16.7 Å². The minimum absolute atomic E-state index is 0.0802. The summed E-state index contributed by atoms with van der Waals surface area (Å²) in [5, 5.41) is 6.75. The van der Waals surface area contributed by atoms with Crippen molar-refractivity contribution in [3.8, 4) is 5.75 Å². The standard InChI is InChI=1S/C23H23ClN2O2/c1-17-4-2-3-5-19(17)14-25-15-23(27)26-21-10-12-22(13-11-21)28-16-18-6-8-20(24)9-7-18/h2-13,25H,14-16H2,1H3,(H,26,27). The fourth-order valence-corrected chi connectivity index (χ4v) is 2.83. The van der Waals surface area contributed by atoms with E-state index in [9.17, 15) is 4.79 Å². The van der Waals surface area contributed by atoms with Crippen molar-refractivity contribution in [3.05, 3.63) is 94.5 Å². The van der Waals surface area contributed by atoms with Crippen molar-refractivity contribution in [2.24, 2.45) is 0 Å². The van der Waals surface area contributed by atoms with Crippen LogP contribution >= 0.6 is 11.6 Å². The highest BCUT2D eigenvalue weighted by molar-refractivity contribution is 6.30. The SMILES string of the molecule is Cc1ccccc1CNCC(=O)Nc1ccc(OCc2ccc(Cl)cc2)cc1. The molecule has 4 nitrogen and oxygen atoms in total. The maximum Gasteiger partial charge on any atom is 0.238 e. The largest absolute Gasteiger partial charge is 0.489 e. The molecule has 0 saturated carbocycles. The predicted molar refractivity (Wildman–Crippen MR) is 114 cm³/mol. The molecular weight excluding hydrogens is 372 g/mol. The first kappa shape index (κ1) is 19.9. The zero-order valence-corrected chi connectivity index (χ0v) is 16.5. The molecule has 0 aliphatic rings. The fraction of sp³-hybridized carbons (Fsp3) is 0.174. The first-order valence-corrected chi connectivity index (χ1v) is 9.50. The van der Waals surface area contributed by atoms with Gasteiger partial charge in [0.15, 0.2) is 0 Å². The summed E-state index contributed by atoms with van der Waals surface area (Å²) in [4.78, 5) is 12.1. The van der Waals surface area contributed by atoms with Crippen LogP contribution in [0, 0.1) is 6.92 Å². The van der Waals surface area contributed by atoms with Crippen LogP contribution in [0.4, 0.5) is 5.69 Å². The Hall–Kier alpha value is -2.82. The smallest absolute Gasteiger partial charge is 0.238 e. The third-order valence-electron chi connectivity index (χ3n) is 4.32. The van der Waals surface area contributed by atoms with E-state index in [0.29, 0.717) is 18.2 Å². The summed E-state index contributed by atoms with van der Waals surface area (Å²) in [5.74, 6) is 0.661. The molecule has 1 amide bonds. The van der Waals surface area contributed by atoms with Gasteiger partial charge >= 0.3 is 0 Å². The van der Waals surface area contributed by atoms with E-state index in [0.717, 1.165) is 17.0 Å². The Morgan fingerprint density at radius 2 is 1.68 bits per heavy atom. The third-order valence-corrected chi connectivity index (χ3v) is 4.57. The van der Waals surface area contributed by atoms with Gasteiger partial charge in [-0.1, -0.05) is 48.0 Å². The van der Waals surface area contributed by atoms with E-state index in [1.165, 1.54) is 11.1 Å². The van der Waals surface area contributed by atoms with Crippen LogP contribution in [0.3, 0.4) is 0 Å². The molecule has 28 heavy (non-hydrogen) atoms. The highest BCUT2D eigenvalue weighted by Crippen LogP contribution is 2.18. The van der Waals surface area contributed by atoms with Crippen molar-refractivity contribution in [1.82, 2.24) is 5.32 Å². The summed E-state index contributed by atoms with van der Waals surface area (Å²) >= 11 is 5.88. The van der Waals surface area contributed by atoms with Gasteiger partial charge in [0.1, 0.15) is 12.4 Å². The average Bonchev–Trinajstić information content (AvgIpc) is 2.70. The number of halogens is 1. The molecular formula is C23H23ClN2O2. The number of benzene rings is 3. The van der Waals surface area contributed by atoms with Crippen LogP contribution < -0.4 is 15.4 Å². The van der Waals surface area contributed by atoms with Crippen molar-refractivity contribution in [2.75, 3.05) is 11.9 Å². The fourth-order valence-electron chi connectivity index (χ4n) is 2.71. The molecule has 0 unspecified atom stereocenters. The maximum absolute atomic E-state index is 12.1. The summed E-state index contributed by atoms with van der Waals surface area (Å²) in [6.45, 7) is 3.44. The van der Waals surface area contributed by atoms with Gasteiger partial charge in [0, 0.05) is 17.3 Å². The van der Waals surface area contributed by atoms with Crippen LogP contribution in [0.25, 0.3) is 0 Å². The Morgan fingerprint density at radius 1 is 0.964 bits per heavy atom. The summed E-state index contributed by atoms with van der Waals surface area (Å²) in [6, 6.07) is 23.0. The van der Waals surface area contributed by atoms with Crippen LogP contribution in [0.15, 0.2) is 72.8 Å². The topological polar surface area (TPSA) is 50.4 Å². The van der Waals surface area contributed by atoms with Gasteiger partial charge < -0.3 is 15.4 Å². The van der Waals surface area contributed by atoms with Crippen molar-refractivity contribution in [1.29, 1.82) is 0 Å².